The van der Waals surface area contributed by atoms with Crippen LogP contribution in [-0.4, -0.2) is 19.9 Å². The third-order valence-corrected chi connectivity index (χ3v) is 11.5. The predicted molar refractivity (Wildman–Crippen MR) is 230 cm³/mol. The van der Waals surface area contributed by atoms with Crippen LogP contribution in [0.25, 0.3) is 110 Å². The molecule has 262 valence electrons. The van der Waals surface area contributed by atoms with Gasteiger partial charge < -0.3 is 4.42 Å². The van der Waals surface area contributed by atoms with Crippen LogP contribution in [-0.2, 0) is 0 Å². The quantitative estimate of drug-likeness (QED) is 0.159. The lowest BCUT2D eigenvalue weighted by Gasteiger charge is -2.13. The summed E-state index contributed by atoms with van der Waals surface area (Å²) >= 11 is 1.70. The van der Waals surface area contributed by atoms with E-state index in [0.29, 0.717) is 11.7 Å². The van der Waals surface area contributed by atoms with Crippen LogP contribution in [0.15, 0.2) is 186 Å². The number of fused-ring (bicyclic) bond motifs is 5. The SMILES string of the molecule is c1ccc2c(c1)cc(-c1ccc(-c3cc(-c4ccc(-c5nc6ccccc6o5)cc4)nc(-c4ccc(-c5nc6ccccc6s5)cc4)n3)cc1)c1ccccc12. The molecule has 5 nitrogen and oxygen atoms in total. The Hall–Kier alpha value is -7.28. The van der Waals surface area contributed by atoms with E-state index in [0.717, 1.165) is 66.4 Å². The normalized spacial score (nSPS) is 11.6. The molecule has 0 saturated carbocycles. The standard InChI is InChI=1S/C50H30N4OS/c1-2-10-38-37(9-1)29-41(40-12-4-3-11-39(38)40)31-17-19-32(20-18-31)44-30-45(33-21-25-35(26-22-33)49-53-42-13-5-7-15-46(42)55-49)52-48(51-44)34-23-27-36(28-24-34)50-54-43-14-6-8-16-47(43)56-50/h1-30H. The third kappa shape index (κ3) is 5.72. The number of nitrogens with zero attached hydrogens (tertiary/aromatic N) is 4. The maximum absolute atomic E-state index is 6.06. The molecule has 0 amide bonds. The first kappa shape index (κ1) is 32.2. The van der Waals surface area contributed by atoms with E-state index in [1.807, 2.05) is 42.5 Å². The van der Waals surface area contributed by atoms with Gasteiger partial charge in [-0.25, -0.2) is 19.9 Å². The van der Waals surface area contributed by atoms with E-state index in [4.69, 9.17) is 24.4 Å². The van der Waals surface area contributed by atoms with Crippen LogP contribution in [0, 0.1) is 0 Å². The molecule has 0 saturated heterocycles. The minimum absolute atomic E-state index is 0.592. The van der Waals surface area contributed by atoms with E-state index in [9.17, 15) is 0 Å². The summed E-state index contributed by atoms with van der Waals surface area (Å²) in [7, 11) is 0. The summed E-state index contributed by atoms with van der Waals surface area (Å²) in [5, 5.41) is 5.98. The van der Waals surface area contributed by atoms with E-state index < -0.39 is 0 Å². The lowest BCUT2D eigenvalue weighted by molar-refractivity contribution is 0.620. The van der Waals surface area contributed by atoms with Crippen molar-refractivity contribution in [2.75, 3.05) is 0 Å². The predicted octanol–water partition coefficient (Wildman–Crippen LogP) is 13.5. The number of hydrogen-bond donors (Lipinski definition) is 0. The zero-order valence-electron chi connectivity index (χ0n) is 29.9. The Kier molecular flexibility index (Phi) is 7.60. The van der Waals surface area contributed by atoms with Crippen molar-refractivity contribution in [3.63, 3.8) is 0 Å². The number of thiazole rings is 1. The second-order valence-corrected chi connectivity index (χ2v) is 14.9. The largest absolute Gasteiger partial charge is 0.436 e. The minimum atomic E-state index is 0.592. The summed E-state index contributed by atoms with van der Waals surface area (Å²) in [5.74, 6) is 1.25. The van der Waals surface area contributed by atoms with Crippen LogP contribution in [0.2, 0.25) is 0 Å². The minimum Gasteiger partial charge on any atom is -0.436 e. The fraction of sp³-hybridized carbons (Fsp3) is 0. The fourth-order valence-corrected chi connectivity index (χ4v) is 8.49. The van der Waals surface area contributed by atoms with Gasteiger partial charge in [0.25, 0.3) is 0 Å². The average molecular weight is 735 g/mol. The summed E-state index contributed by atoms with van der Waals surface area (Å²) in [4.78, 5) is 19.9. The number of para-hydroxylation sites is 3. The van der Waals surface area contributed by atoms with E-state index in [1.54, 1.807) is 11.3 Å². The van der Waals surface area contributed by atoms with E-state index in [-0.39, 0.29) is 0 Å². The summed E-state index contributed by atoms with van der Waals surface area (Å²) in [6.07, 6.45) is 0. The van der Waals surface area contributed by atoms with E-state index >= 15 is 0 Å². The zero-order chi connectivity index (χ0) is 37.0. The molecule has 6 heteroatoms. The van der Waals surface area contributed by atoms with Crippen molar-refractivity contribution < 1.29 is 4.42 Å². The molecule has 8 aromatic carbocycles. The van der Waals surface area contributed by atoms with Crippen molar-refractivity contribution in [2.45, 2.75) is 0 Å². The summed E-state index contributed by atoms with van der Waals surface area (Å²) in [6.45, 7) is 0. The van der Waals surface area contributed by atoms with Gasteiger partial charge in [0, 0.05) is 27.8 Å². The molecule has 0 aliphatic heterocycles. The Labute approximate surface area is 326 Å². The van der Waals surface area contributed by atoms with Gasteiger partial charge in [-0.05, 0) is 81.2 Å². The second kappa shape index (κ2) is 13.2. The Morgan fingerprint density at radius 3 is 1.70 bits per heavy atom. The highest BCUT2D eigenvalue weighted by atomic mass is 32.1. The summed E-state index contributed by atoms with van der Waals surface area (Å²) in [5.41, 5.74) is 11.5. The highest BCUT2D eigenvalue weighted by Crippen LogP contribution is 2.37. The van der Waals surface area contributed by atoms with Crippen LogP contribution >= 0.6 is 11.3 Å². The first-order chi connectivity index (χ1) is 27.7. The first-order valence-corrected chi connectivity index (χ1v) is 19.4. The van der Waals surface area contributed by atoms with Gasteiger partial charge in [-0.1, -0.05) is 133 Å². The lowest BCUT2D eigenvalue weighted by Crippen LogP contribution is -1.96. The maximum Gasteiger partial charge on any atom is 0.227 e. The molecule has 0 aliphatic rings. The zero-order valence-corrected chi connectivity index (χ0v) is 30.7. The van der Waals surface area contributed by atoms with Crippen molar-refractivity contribution in [2.24, 2.45) is 0 Å². The molecule has 0 N–H and O–H groups in total. The van der Waals surface area contributed by atoms with Crippen molar-refractivity contribution in [1.82, 2.24) is 19.9 Å². The molecule has 11 rings (SSSR count). The molecule has 0 fully saturated rings. The molecule has 0 unspecified atom stereocenters. The second-order valence-electron chi connectivity index (χ2n) is 13.9. The molecule has 56 heavy (non-hydrogen) atoms. The monoisotopic (exact) mass is 734 g/mol. The lowest BCUT2D eigenvalue weighted by atomic mass is 9.93. The molecule has 3 heterocycles. The summed E-state index contributed by atoms with van der Waals surface area (Å²) in [6, 6.07) is 63.1. The Balaban J connectivity index is 0.990. The van der Waals surface area contributed by atoms with Gasteiger partial charge >= 0.3 is 0 Å². The van der Waals surface area contributed by atoms with Crippen LogP contribution in [0.3, 0.4) is 0 Å². The molecule has 0 bridgehead atoms. The molecular weight excluding hydrogens is 705 g/mol. The van der Waals surface area contributed by atoms with Crippen molar-refractivity contribution in [1.29, 1.82) is 0 Å². The van der Waals surface area contributed by atoms with Gasteiger partial charge in [0.2, 0.25) is 5.89 Å². The smallest absolute Gasteiger partial charge is 0.227 e. The molecule has 3 aromatic heterocycles. The van der Waals surface area contributed by atoms with E-state index in [2.05, 4.69) is 140 Å². The van der Waals surface area contributed by atoms with Gasteiger partial charge in [0.15, 0.2) is 11.4 Å². The molecule has 0 aliphatic carbocycles. The number of rotatable bonds is 6. The van der Waals surface area contributed by atoms with Gasteiger partial charge in [-0.15, -0.1) is 11.3 Å². The highest BCUT2D eigenvalue weighted by molar-refractivity contribution is 7.21. The Morgan fingerprint density at radius 1 is 0.393 bits per heavy atom. The Morgan fingerprint density at radius 2 is 0.964 bits per heavy atom. The highest BCUT2D eigenvalue weighted by Gasteiger charge is 2.15. The van der Waals surface area contributed by atoms with Gasteiger partial charge in [0.05, 0.1) is 21.6 Å². The van der Waals surface area contributed by atoms with Gasteiger partial charge in [-0.2, -0.15) is 0 Å². The number of aromatic nitrogens is 4. The van der Waals surface area contributed by atoms with Crippen LogP contribution < -0.4 is 0 Å². The maximum atomic E-state index is 6.06. The number of oxazole rings is 1. The van der Waals surface area contributed by atoms with Crippen LogP contribution in [0.5, 0.6) is 0 Å². The van der Waals surface area contributed by atoms with E-state index in [1.165, 1.54) is 31.8 Å². The third-order valence-electron chi connectivity index (χ3n) is 10.4. The van der Waals surface area contributed by atoms with Crippen molar-refractivity contribution in [3.8, 4) is 67.1 Å². The topological polar surface area (TPSA) is 64.7 Å². The fourth-order valence-electron chi connectivity index (χ4n) is 7.52. The summed E-state index contributed by atoms with van der Waals surface area (Å²) < 4.78 is 7.23. The van der Waals surface area contributed by atoms with Gasteiger partial charge in [0.1, 0.15) is 10.5 Å². The molecule has 0 spiro atoms. The number of hydrogen-bond acceptors (Lipinski definition) is 6. The first-order valence-electron chi connectivity index (χ1n) is 18.5. The molecule has 11 aromatic rings. The Bertz CT molecular complexity index is 3040. The van der Waals surface area contributed by atoms with Crippen LogP contribution in [0.1, 0.15) is 0 Å². The molecule has 0 atom stereocenters. The average Bonchev–Trinajstić information content (AvgIpc) is 3.92. The molecule has 0 radical (unpaired) electrons. The van der Waals surface area contributed by atoms with Crippen molar-refractivity contribution >= 4 is 54.2 Å². The van der Waals surface area contributed by atoms with Crippen molar-refractivity contribution in [3.05, 3.63) is 182 Å². The van der Waals surface area contributed by atoms with Gasteiger partial charge in [-0.3, -0.25) is 0 Å². The number of benzene rings is 8. The molecular formula is C50H30N4OS. The van der Waals surface area contributed by atoms with Crippen LogP contribution in [0.4, 0.5) is 0 Å².